The Labute approximate surface area is 105 Å². The minimum Gasteiger partial charge on any atom is -0.468 e. The molecule has 1 rings (SSSR count). The van der Waals surface area contributed by atoms with Gasteiger partial charge < -0.3 is 9.73 Å². The summed E-state index contributed by atoms with van der Waals surface area (Å²) < 4.78 is 42.5. The van der Waals surface area contributed by atoms with E-state index in [1.165, 1.54) is 11.2 Å². The van der Waals surface area contributed by atoms with Gasteiger partial charge in [0.1, 0.15) is 5.76 Å². The number of hydrogen-bond acceptors (Lipinski definition) is 3. The zero-order valence-electron chi connectivity index (χ0n) is 10.7. The van der Waals surface area contributed by atoms with Gasteiger partial charge >= 0.3 is 6.18 Å². The number of halogens is 3. The molecule has 0 amide bonds. The van der Waals surface area contributed by atoms with E-state index in [1.54, 1.807) is 13.1 Å². The van der Waals surface area contributed by atoms with Crippen LogP contribution in [0, 0.1) is 0 Å². The molecule has 0 bridgehead atoms. The quantitative estimate of drug-likeness (QED) is 0.821. The first-order chi connectivity index (χ1) is 8.46. The Morgan fingerprint density at radius 3 is 2.67 bits per heavy atom. The van der Waals surface area contributed by atoms with Crippen molar-refractivity contribution in [1.82, 2.24) is 10.2 Å². The van der Waals surface area contributed by atoms with Crippen molar-refractivity contribution in [2.24, 2.45) is 0 Å². The Hall–Kier alpha value is -1.01. The highest BCUT2D eigenvalue weighted by Crippen LogP contribution is 2.20. The molecule has 0 aliphatic rings. The lowest BCUT2D eigenvalue weighted by Crippen LogP contribution is -2.34. The zero-order chi connectivity index (χ0) is 13.6. The molecular weight excluding hydrogens is 245 g/mol. The van der Waals surface area contributed by atoms with Gasteiger partial charge in [0, 0.05) is 12.1 Å². The first-order valence-corrected chi connectivity index (χ1v) is 5.95. The van der Waals surface area contributed by atoms with E-state index in [9.17, 15) is 13.2 Å². The first kappa shape index (κ1) is 15.0. The zero-order valence-corrected chi connectivity index (χ0v) is 10.7. The van der Waals surface area contributed by atoms with E-state index in [-0.39, 0.29) is 6.54 Å². The lowest BCUT2D eigenvalue weighted by atomic mass is 10.2. The van der Waals surface area contributed by atoms with E-state index in [4.69, 9.17) is 4.42 Å². The van der Waals surface area contributed by atoms with Gasteiger partial charge in [-0.05, 0) is 26.1 Å². The molecule has 0 spiro atoms. The maximum absolute atomic E-state index is 12.4. The van der Waals surface area contributed by atoms with Gasteiger partial charge in [-0.25, -0.2) is 0 Å². The number of hydrogen-bond donors (Lipinski definition) is 1. The van der Waals surface area contributed by atoms with Crippen molar-refractivity contribution in [2.75, 3.05) is 20.1 Å². The van der Waals surface area contributed by atoms with Crippen LogP contribution in [-0.2, 0) is 13.1 Å². The summed E-state index contributed by atoms with van der Waals surface area (Å²) in [6.07, 6.45) is -1.98. The van der Waals surface area contributed by atoms with Crippen molar-refractivity contribution < 1.29 is 17.6 Å². The van der Waals surface area contributed by atoms with Crippen LogP contribution in [0.25, 0.3) is 0 Å². The second-order valence-electron chi connectivity index (χ2n) is 4.23. The molecule has 6 heteroatoms. The van der Waals surface area contributed by atoms with Crippen LogP contribution in [0.3, 0.4) is 0 Å². The van der Waals surface area contributed by atoms with Crippen LogP contribution >= 0.6 is 0 Å². The Bertz CT molecular complexity index is 349. The third kappa shape index (κ3) is 5.10. The summed E-state index contributed by atoms with van der Waals surface area (Å²) in [5.41, 5.74) is 0.903. The fraction of sp³-hybridized carbons (Fsp3) is 0.667. The average molecular weight is 264 g/mol. The molecule has 1 aromatic rings. The summed E-state index contributed by atoms with van der Waals surface area (Å²) in [5, 5.41) is 2.96. The smallest absolute Gasteiger partial charge is 0.401 e. The largest absolute Gasteiger partial charge is 0.468 e. The maximum Gasteiger partial charge on any atom is 0.401 e. The van der Waals surface area contributed by atoms with Crippen molar-refractivity contribution in [3.63, 3.8) is 0 Å². The van der Waals surface area contributed by atoms with Crippen molar-refractivity contribution in [3.8, 4) is 0 Å². The fourth-order valence-electron chi connectivity index (χ4n) is 1.84. The predicted octanol–water partition coefficient (Wildman–Crippen LogP) is 2.77. The number of alkyl halides is 3. The van der Waals surface area contributed by atoms with Gasteiger partial charge in [0.2, 0.25) is 0 Å². The number of furan rings is 1. The molecular formula is C12H19F3N2O. The fourth-order valence-corrected chi connectivity index (χ4v) is 1.84. The molecule has 1 aromatic heterocycles. The van der Waals surface area contributed by atoms with E-state index >= 15 is 0 Å². The highest BCUT2D eigenvalue weighted by Gasteiger charge is 2.30. The van der Waals surface area contributed by atoms with E-state index < -0.39 is 12.7 Å². The highest BCUT2D eigenvalue weighted by molar-refractivity contribution is 5.16. The van der Waals surface area contributed by atoms with Crippen LogP contribution in [-0.4, -0.2) is 31.2 Å². The van der Waals surface area contributed by atoms with Gasteiger partial charge in [-0.1, -0.05) is 6.92 Å². The topological polar surface area (TPSA) is 28.4 Å². The standard InChI is InChI=1S/C12H19F3N2O/c1-3-5-17(9-12(13,14)15)8-11-10(7-16-2)4-6-18-11/h4,6,16H,3,5,7-9H2,1-2H3. The lowest BCUT2D eigenvalue weighted by molar-refractivity contribution is -0.147. The van der Waals surface area contributed by atoms with Gasteiger partial charge in [0.05, 0.1) is 19.4 Å². The van der Waals surface area contributed by atoms with E-state index in [2.05, 4.69) is 5.32 Å². The van der Waals surface area contributed by atoms with Gasteiger partial charge in [0.25, 0.3) is 0 Å². The summed E-state index contributed by atoms with van der Waals surface area (Å²) in [4.78, 5) is 1.36. The first-order valence-electron chi connectivity index (χ1n) is 5.95. The molecule has 0 fully saturated rings. The molecule has 3 nitrogen and oxygen atoms in total. The van der Waals surface area contributed by atoms with Gasteiger partial charge in [-0.15, -0.1) is 0 Å². The van der Waals surface area contributed by atoms with Crippen molar-refractivity contribution in [1.29, 1.82) is 0 Å². The van der Waals surface area contributed by atoms with Crippen LogP contribution in [0.4, 0.5) is 13.2 Å². The number of nitrogens with zero attached hydrogens (tertiary/aromatic N) is 1. The summed E-state index contributed by atoms with van der Waals surface area (Å²) in [5.74, 6) is 0.599. The predicted molar refractivity (Wildman–Crippen MR) is 63.1 cm³/mol. The Morgan fingerprint density at radius 1 is 1.39 bits per heavy atom. The minimum absolute atomic E-state index is 0.192. The van der Waals surface area contributed by atoms with Crippen LogP contribution in [0.15, 0.2) is 16.7 Å². The summed E-state index contributed by atoms with van der Waals surface area (Å²) in [7, 11) is 1.79. The lowest BCUT2D eigenvalue weighted by Gasteiger charge is -2.22. The van der Waals surface area contributed by atoms with Gasteiger partial charge in [-0.3, -0.25) is 4.90 Å². The normalized spacial score (nSPS) is 12.3. The monoisotopic (exact) mass is 264 g/mol. The third-order valence-corrected chi connectivity index (χ3v) is 2.51. The molecule has 0 unspecified atom stereocenters. The Balaban J connectivity index is 2.67. The average Bonchev–Trinajstić information content (AvgIpc) is 2.64. The molecule has 0 aliphatic carbocycles. The molecule has 18 heavy (non-hydrogen) atoms. The summed E-state index contributed by atoms with van der Waals surface area (Å²) in [6, 6.07) is 1.78. The van der Waals surface area contributed by atoms with Gasteiger partial charge in [0.15, 0.2) is 0 Å². The SMILES string of the molecule is CCCN(Cc1occc1CNC)CC(F)(F)F. The molecule has 0 saturated carbocycles. The van der Waals surface area contributed by atoms with E-state index in [0.29, 0.717) is 25.3 Å². The summed E-state index contributed by atoms with van der Waals surface area (Å²) >= 11 is 0. The third-order valence-electron chi connectivity index (χ3n) is 2.51. The summed E-state index contributed by atoms with van der Waals surface area (Å²) in [6.45, 7) is 2.15. The second-order valence-corrected chi connectivity index (χ2v) is 4.23. The minimum atomic E-state index is -4.18. The molecule has 1 heterocycles. The molecule has 0 aliphatic heterocycles. The van der Waals surface area contributed by atoms with Crippen LogP contribution in [0.1, 0.15) is 24.7 Å². The molecule has 0 saturated heterocycles. The molecule has 104 valence electrons. The molecule has 0 radical (unpaired) electrons. The Morgan fingerprint density at radius 2 is 2.11 bits per heavy atom. The highest BCUT2D eigenvalue weighted by atomic mass is 19.4. The molecule has 1 N–H and O–H groups in total. The number of nitrogens with one attached hydrogen (secondary N) is 1. The number of rotatable bonds is 7. The van der Waals surface area contributed by atoms with Crippen molar-refractivity contribution in [2.45, 2.75) is 32.6 Å². The van der Waals surface area contributed by atoms with Gasteiger partial charge in [-0.2, -0.15) is 13.2 Å². The molecule has 0 atom stereocenters. The van der Waals surface area contributed by atoms with E-state index in [0.717, 1.165) is 5.56 Å². The van der Waals surface area contributed by atoms with Crippen LogP contribution in [0.2, 0.25) is 0 Å². The van der Waals surface area contributed by atoms with Crippen LogP contribution < -0.4 is 5.32 Å². The second kappa shape index (κ2) is 6.80. The molecule has 0 aromatic carbocycles. The van der Waals surface area contributed by atoms with Crippen LogP contribution in [0.5, 0.6) is 0 Å². The Kier molecular flexibility index (Phi) is 5.68. The van der Waals surface area contributed by atoms with E-state index in [1.807, 2.05) is 6.92 Å². The van der Waals surface area contributed by atoms with Crippen molar-refractivity contribution in [3.05, 3.63) is 23.7 Å². The van der Waals surface area contributed by atoms with Crippen molar-refractivity contribution >= 4 is 0 Å². The maximum atomic E-state index is 12.4.